The normalized spacial score (nSPS) is 20.4. The van der Waals surface area contributed by atoms with Crippen molar-refractivity contribution >= 4 is 11.6 Å². The summed E-state index contributed by atoms with van der Waals surface area (Å²) in [4.78, 5) is 6.56. The molecule has 20 heavy (non-hydrogen) atoms. The van der Waals surface area contributed by atoms with Gasteiger partial charge in [0.15, 0.2) is 0 Å². The highest BCUT2D eigenvalue weighted by atomic mass is 35.5. The summed E-state index contributed by atoms with van der Waals surface area (Å²) in [5.41, 5.74) is 1.92. The van der Waals surface area contributed by atoms with E-state index in [9.17, 15) is 0 Å². The Morgan fingerprint density at radius 1 is 1.50 bits per heavy atom. The molecular formula is C14H20ClN5. The fraction of sp³-hybridized carbons (Fsp3) is 0.571. The maximum Gasteiger partial charge on any atom is 0.0951 e. The number of piperidine rings is 1. The van der Waals surface area contributed by atoms with Gasteiger partial charge in [-0.05, 0) is 32.2 Å². The van der Waals surface area contributed by atoms with Crippen molar-refractivity contribution in [2.75, 3.05) is 13.1 Å². The summed E-state index contributed by atoms with van der Waals surface area (Å²) in [5, 5.41) is 8.03. The molecule has 2 aromatic rings. The summed E-state index contributed by atoms with van der Waals surface area (Å²) in [6.07, 6.45) is 8.29. The van der Waals surface area contributed by atoms with E-state index in [0.717, 1.165) is 42.6 Å². The molecule has 5 nitrogen and oxygen atoms in total. The first-order chi connectivity index (χ1) is 9.72. The molecule has 6 heteroatoms. The van der Waals surface area contributed by atoms with Gasteiger partial charge in [0.2, 0.25) is 0 Å². The van der Waals surface area contributed by atoms with Gasteiger partial charge in [-0.25, -0.2) is 4.98 Å². The van der Waals surface area contributed by atoms with E-state index in [-0.39, 0.29) is 0 Å². The number of H-pyrrole nitrogens is 1. The lowest BCUT2D eigenvalue weighted by Gasteiger charge is -2.32. The molecule has 0 aliphatic carbocycles. The molecule has 1 aliphatic heterocycles. The molecule has 0 unspecified atom stereocenters. The summed E-state index contributed by atoms with van der Waals surface area (Å²) >= 11 is 6.25. The number of aromatic amines is 1. The van der Waals surface area contributed by atoms with Crippen molar-refractivity contribution in [3.05, 3.63) is 35.1 Å². The maximum absolute atomic E-state index is 6.25. The van der Waals surface area contributed by atoms with Gasteiger partial charge in [-0.3, -0.25) is 10.00 Å². The van der Waals surface area contributed by atoms with Gasteiger partial charge in [0, 0.05) is 32.0 Å². The first-order valence-electron chi connectivity index (χ1n) is 7.10. The molecule has 108 valence electrons. The molecule has 3 heterocycles. The summed E-state index contributed by atoms with van der Waals surface area (Å²) in [5.74, 6) is 0.678. The van der Waals surface area contributed by atoms with Gasteiger partial charge in [-0.1, -0.05) is 11.6 Å². The molecule has 0 bridgehead atoms. The largest absolute Gasteiger partial charge is 0.337 e. The standard InChI is InChI=1S/C14H20ClN5/c1-11-14(15)13(18-17-11)9-19-5-2-3-12(7-19)8-20-6-4-16-10-20/h4,6,10,12H,2-3,5,7-9H2,1H3,(H,17,18)/t12-/m0/s1. The fourth-order valence-corrected chi connectivity index (χ4v) is 3.06. The number of likely N-dealkylation sites (tertiary alicyclic amines) is 1. The van der Waals surface area contributed by atoms with Crippen molar-refractivity contribution in [1.82, 2.24) is 24.6 Å². The van der Waals surface area contributed by atoms with Crippen molar-refractivity contribution < 1.29 is 0 Å². The minimum Gasteiger partial charge on any atom is -0.337 e. The molecule has 0 saturated carbocycles. The van der Waals surface area contributed by atoms with Crippen LogP contribution in [0, 0.1) is 12.8 Å². The second kappa shape index (κ2) is 5.97. The van der Waals surface area contributed by atoms with Gasteiger partial charge in [0.1, 0.15) is 0 Å². The number of halogens is 1. The molecule has 0 spiro atoms. The maximum atomic E-state index is 6.25. The number of aryl methyl sites for hydroxylation is 1. The van der Waals surface area contributed by atoms with Crippen molar-refractivity contribution in [3.8, 4) is 0 Å². The third-order valence-corrected chi connectivity index (χ3v) is 4.45. The van der Waals surface area contributed by atoms with Crippen LogP contribution in [0.15, 0.2) is 18.7 Å². The molecule has 1 atom stereocenters. The van der Waals surface area contributed by atoms with Gasteiger partial charge in [-0.15, -0.1) is 0 Å². The first kappa shape index (κ1) is 13.6. The zero-order valence-corrected chi connectivity index (χ0v) is 12.5. The molecule has 0 amide bonds. The van der Waals surface area contributed by atoms with E-state index in [1.807, 2.05) is 25.6 Å². The Morgan fingerprint density at radius 3 is 3.10 bits per heavy atom. The molecule has 1 fully saturated rings. The second-order valence-electron chi connectivity index (χ2n) is 5.61. The summed E-state index contributed by atoms with van der Waals surface area (Å²) in [7, 11) is 0. The highest BCUT2D eigenvalue weighted by Crippen LogP contribution is 2.23. The SMILES string of the molecule is Cc1[nH]nc(CN2CCC[C@H](Cn3ccnc3)C2)c1Cl. The number of nitrogens with one attached hydrogen (secondary N) is 1. The van der Waals surface area contributed by atoms with Crippen molar-refractivity contribution in [2.24, 2.45) is 5.92 Å². The fourth-order valence-electron chi connectivity index (χ4n) is 2.92. The van der Waals surface area contributed by atoms with Gasteiger partial charge in [0.05, 0.1) is 22.7 Å². The van der Waals surface area contributed by atoms with Gasteiger partial charge >= 0.3 is 0 Å². The highest BCUT2D eigenvalue weighted by molar-refractivity contribution is 6.31. The zero-order valence-electron chi connectivity index (χ0n) is 11.7. The van der Waals surface area contributed by atoms with E-state index < -0.39 is 0 Å². The molecule has 3 rings (SSSR count). The van der Waals surface area contributed by atoms with Crippen LogP contribution in [-0.4, -0.2) is 37.7 Å². The Kier molecular flexibility index (Phi) is 4.08. The summed E-state index contributed by atoms with van der Waals surface area (Å²) in [6.45, 7) is 6.06. The average molecular weight is 294 g/mol. The van der Waals surface area contributed by atoms with Crippen molar-refractivity contribution in [1.29, 1.82) is 0 Å². The second-order valence-corrected chi connectivity index (χ2v) is 5.99. The average Bonchev–Trinajstić information content (AvgIpc) is 3.05. The van der Waals surface area contributed by atoms with Crippen molar-refractivity contribution in [2.45, 2.75) is 32.9 Å². The van der Waals surface area contributed by atoms with E-state index in [1.54, 1.807) is 0 Å². The third kappa shape index (κ3) is 3.04. The Labute approximate surface area is 124 Å². The number of nitrogens with zero attached hydrogens (tertiary/aromatic N) is 4. The smallest absolute Gasteiger partial charge is 0.0951 e. The van der Waals surface area contributed by atoms with E-state index >= 15 is 0 Å². The van der Waals surface area contributed by atoms with E-state index in [1.165, 1.54) is 12.8 Å². The minimum absolute atomic E-state index is 0.678. The Bertz CT molecular complexity index is 548. The van der Waals surface area contributed by atoms with Crippen LogP contribution in [0.4, 0.5) is 0 Å². The van der Waals surface area contributed by atoms with Gasteiger partial charge < -0.3 is 4.57 Å². The van der Waals surface area contributed by atoms with Crippen LogP contribution in [0.5, 0.6) is 0 Å². The van der Waals surface area contributed by atoms with Crippen LogP contribution >= 0.6 is 11.6 Å². The quantitative estimate of drug-likeness (QED) is 0.942. The Balaban J connectivity index is 1.59. The van der Waals surface area contributed by atoms with Crippen LogP contribution in [0.3, 0.4) is 0 Å². The molecule has 2 aromatic heterocycles. The molecule has 1 aliphatic rings. The highest BCUT2D eigenvalue weighted by Gasteiger charge is 2.22. The Hall–Kier alpha value is -1.33. The van der Waals surface area contributed by atoms with Crippen LogP contribution in [0.2, 0.25) is 5.02 Å². The lowest BCUT2D eigenvalue weighted by molar-refractivity contribution is 0.154. The zero-order chi connectivity index (χ0) is 13.9. The van der Waals surface area contributed by atoms with Crippen LogP contribution in [0.25, 0.3) is 0 Å². The van der Waals surface area contributed by atoms with Crippen LogP contribution in [-0.2, 0) is 13.1 Å². The van der Waals surface area contributed by atoms with E-state index in [2.05, 4.69) is 24.6 Å². The molecule has 1 N–H and O–H groups in total. The number of rotatable bonds is 4. The molecule has 1 saturated heterocycles. The number of aromatic nitrogens is 4. The van der Waals surface area contributed by atoms with Crippen LogP contribution < -0.4 is 0 Å². The first-order valence-corrected chi connectivity index (χ1v) is 7.47. The summed E-state index contributed by atoms with van der Waals surface area (Å²) in [6, 6.07) is 0. The molecule has 0 radical (unpaired) electrons. The number of imidazole rings is 1. The van der Waals surface area contributed by atoms with Crippen molar-refractivity contribution in [3.63, 3.8) is 0 Å². The topological polar surface area (TPSA) is 49.7 Å². The van der Waals surface area contributed by atoms with Crippen LogP contribution in [0.1, 0.15) is 24.2 Å². The van der Waals surface area contributed by atoms with Gasteiger partial charge in [-0.2, -0.15) is 5.10 Å². The van der Waals surface area contributed by atoms with E-state index in [0.29, 0.717) is 5.92 Å². The minimum atomic E-state index is 0.678. The molecule has 0 aromatic carbocycles. The predicted molar refractivity (Wildman–Crippen MR) is 78.6 cm³/mol. The Morgan fingerprint density at radius 2 is 2.40 bits per heavy atom. The number of hydrogen-bond acceptors (Lipinski definition) is 3. The predicted octanol–water partition coefficient (Wildman–Crippen LogP) is 2.48. The number of hydrogen-bond donors (Lipinski definition) is 1. The summed E-state index contributed by atoms with van der Waals surface area (Å²) < 4.78 is 2.17. The third-order valence-electron chi connectivity index (χ3n) is 3.95. The lowest BCUT2D eigenvalue weighted by Crippen LogP contribution is -2.36. The monoisotopic (exact) mass is 293 g/mol. The lowest BCUT2D eigenvalue weighted by atomic mass is 9.98. The van der Waals surface area contributed by atoms with Gasteiger partial charge in [0.25, 0.3) is 0 Å². The van der Waals surface area contributed by atoms with E-state index in [4.69, 9.17) is 11.6 Å². The molecular weight excluding hydrogens is 274 g/mol.